The van der Waals surface area contributed by atoms with E-state index >= 15 is 0 Å². The molecule has 0 amide bonds. The second kappa shape index (κ2) is 9.63. The summed E-state index contributed by atoms with van der Waals surface area (Å²) >= 11 is 0. The van der Waals surface area contributed by atoms with Crippen LogP contribution in [0.1, 0.15) is 12.0 Å². The highest BCUT2D eigenvalue weighted by atomic mass is 16.5. The molecule has 1 unspecified atom stereocenters. The molecular formula is C26H28N6O3. The van der Waals surface area contributed by atoms with Gasteiger partial charge < -0.3 is 19.9 Å². The summed E-state index contributed by atoms with van der Waals surface area (Å²) in [6, 6.07) is 9.82. The maximum absolute atomic E-state index is 6.28. The molecule has 9 heteroatoms. The predicted molar refractivity (Wildman–Crippen MR) is 134 cm³/mol. The van der Waals surface area contributed by atoms with Gasteiger partial charge in [0.1, 0.15) is 29.7 Å². The van der Waals surface area contributed by atoms with Crippen molar-refractivity contribution < 1.29 is 14.2 Å². The third-order valence-electron chi connectivity index (χ3n) is 6.11. The Hall–Kier alpha value is -4.11. The Morgan fingerprint density at radius 3 is 2.63 bits per heavy atom. The van der Waals surface area contributed by atoms with E-state index in [2.05, 4.69) is 21.1 Å². The maximum Gasteiger partial charge on any atom is 0.202 e. The van der Waals surface area contributed by atoms with E-state index in [0.717, 1.165) is 44.9 Å². The van der Waals surface area contributed by atoms with Crippen molar-refractivity contribution in [1.82, 2.24) is 24.3 Å². The van der Waals surface area contributed by atoms with Crippen molar-refractivity contribution in [2.75, 3.05) is 20.0 Å². The number of nitrogen functional groups attached to an aromatic ring is 1. The topological polar surface area (TPSA) is 102 Å². The number of fused-ring (bicyclic) bond motifs is 1. The number of methoxy groups -OCH3 is 2. The molecule has 1 aliphatic carbocycles. The minimum Gasteiger partial charge on any atom is -0.497 e. The quantitative estimate of drug-likeness (QED) is 0.415. The third kappa shape index (κ3) is 4.76. The Kier molecular flexibility index (Phi) is 6.24. The molecule has 1 aromatic carbocycles. The molecule has 0 radical (unpaired) electrons. The van der Waals surface area contributed by atoms with Crippen molar-refractivity contribution in [3.63, 3.8) is 0 Å². The van der Waals surface area contributed by atoms with Crippen LogP contribution < -0.4 is 10.5 Å². The highest BCUT2D eigenvalue weighted by Crippen LogP contribution is 2.28. The smallest absolute Gasteiger partial charge is 0.202 e. The predicted octanol–water partition coefficient (Wildman–Crippen LogP) is 3.87. The second-order valence-corrected chi connectivity index (χ2v) is 8.48. The molecule has 4 aromatic rings. The number of rotatable bonds is 8. The lowest BCUT2D eigenvalue weighted by Gasteiger charge is -2.24. The van der Waals surface area contributed by atoms with Gasteiger partial charge in [-0.25, -0.2) is 9.97 Å². The van der Waals surface area contributed by atoms with Crippen LogP contribution in [0, 0.1) is 0 Å². The number of nitrogens with zero attached hydrogens (tertiary/aromatic N) is 5. The zero-order valence-corrected chi connectivity index (χ0v) is 20.0. The van der Waals surface area contributed by atoms with Gasteiger partial charge in [0, 0.05) is 50.6 Å². The zero-order valence-electron chi connectivity index (χ0n) is 20.0. The Morgan fingerprint density at radius 2 is 1.91 bits per heavy atom. The molecule has 5 rings (SSSR count). The van der Waals surface area contributed by atoms with Crippen molar-refractivity contribution in [2.24, 2.45) is 7.05 Å². The summed E-state index contributed by atoms with van der Waals surface area (Å²) in [7, 11) is 5.24. The van der Waals surface area contributed by atoms with Crippen LogP contribution in [0.3, 0.4) is 0 Å². The van der Waals surface area contributed by atoms with Crippen LogP contribution >= 0.6 is 0 Å². The standard InChI is InChI=1S/C26H28N6O3/c1-31-15-20(13-29-31)19-11-22-25(28-12-19)32(26(27)30-22)14-18-6-9-23(24(10-18)34-3)35-16-17-4-7-21(33-2)8-5-17/h4-9,11-13,15,24H,10,14,16H2,1-3H3,(H2,27,30). The summed E-state index contributed by atoms with van der Waals surface area (Å²) in [6.07, 6.45) is 10.1. The Balaban J connectivity index is 1.32. The molecule has 3 heterocycles. The molecule has 1 aliphatic rings. The van der Waals surface area contributed by atoms with Crippen LogP contribution in [-0.2, 0) is 29.7 Å². The summed E-state index contributed by atoms with van der Waals surface area (Å²) in [5.41, 5.74) is 11.9. The number of allylic oxidation sites excluding steroid dienone is 2. The van der Waals surface area contributed by atoms with Gasteiger partial charge in [-0.1, -0.05) is 18.2 Å². The van der Waals surface area contributed by atoms with E-state index in [1.165, 1.54) is 0 Å². The molecule has 9 nitrogen and oxygen atoms in total. The number of hydrogen-bond donors (Lipinski definition) is 1. The average Bonchev–Trinajstić information content (AvgIpc) is 3.45. The lowest BCUT2D eigenvalue weighted by Crippen LogP contribution is -2.21. The molecule has 35 heavy (non-hydrogen) atoms. The number of pyridine rings is 1. The van der Waals surface area contributed by atoms with Crippen LogP contribution in [0.15, 0.2) is 72.4 Å². The first-order valence-corrected chi connectivity index (χ1v) is 11.3. The van der Waals surface area contributed by atoms with Gasteiger partial charge in [-0.3, -0.25) is 9.25 Å². The molecule has 0 saturated carbocycles. The van der Waals surface area contributed by atoms with Crippen molar-refractivity contribution in [2.45, 2.75) is 25.7 Å². The number of hydrogen-bond acceptors (Lipinski definition) is 7. The number of nitrogens with two attached hydrogens (primary N) is 1. The fourth-order valence-corrected chi connectivity index (χ4v) is 4.18. The van der Waals surface area contributed by atoms with E-state index in [0.29, 0.717) is 25.5 Å². The van der Waals surface area contributed by atoms with E-state index in [1.54, 1.807) is 18.9 Å². The minimum atomic E-state index is -0.172. The number of ether oxygens (including phenoxy) is 3. The Labute approximate surface area is 203 Å². The molecule has 180 valence electrons. The van der Waals surface area contributed by atoms with Gasteiger partial charge in [-0.05, 0) is 35.4 Å². The van der Waals surface area contributed by atoms with Crippen LogP contribution in [0.5, 0.6) is 5.75 Å². The monoisotopic (exact) mass is 472 g/mol. The summed E-state index contributed by atoms with van der Waals surface area (Å²) in [5, 5.41) is 4.23. The van der Waals surface area contributed by atoms with Crippen LogP contribution in [0.4, 0.5) is 5.95 Å². The number of aryl methyl sites for hydroxylation is 1. The van der Waals surface area contributed by atoms with Gasteiger partial charge in [0.05, 0.1) is 13.3 Å². The minimum absolute atomic E-state index is 0.172. The van der Waals surface area contributed by atoms with Crippen LogP contribution in [-0.4, -0.2) is 44.6 Å². The first kappa shape index (κ1) is 22.7. The van der Waals surface area contributed by atoms with Crippen LogP contribution in [0.2, 0.25) is 0 Å². The summed E-state index contributed by atoms with van der Waals surface area (Å²) in [4.78, 5) is 9.20. The highest BCUT2D eigenvalue weighted by molar-refractivity contribution is 5.80. The SMILES string of the molecule is COc1ccc(COC2=CC=C(Cn3c(N)nc4cc(-c5cnn(C)c5)cnc43)CC2OC)cc1. The Bertz CT molecular complexity index is 1400. The summed E-state index contributed by atoms with van der Waals surface area (Å²) in [5.74, 6) is 2.05. The number of imidazole rings is 1. The second-order valence-electron chi connectivity index (χ2n) is 8.48. The number of aromatic nitrogens is 5. The normalized spacial score (nSPS) is 15.7. The van der Waals surface area contributed by atoms with Gasteiger partial charge in [0.2, 0.25) is 5.95 Å². The van der Waals surface area contributed by atoms with E-state index in [-0.39, 0.29) is 6.10 Å². The number of benzene rings is 1. The molecule has 0 bridgehead atoms. The fraction of sp³-hybridized carbons (Fsp3) is 0.269. The van der Waals surface area contributed by atoms with E-state index in [1.807, 2.05) is 66.6 Å². The molecular weight excluding hydrogens is 444 g/mol. The molecule has 3 aromatic heterocycles. The van der Waals surface area contributed by atoms with E-state index in [4.69, 9.17) is 19.9 Å². The summed E-state index contributed by atoms with van der Waals surface area (Å²) < 4.78 is 20.7. The van der Waals surface area contributed by atoms with Crippen molar-refractivity contribution >= 4 is 17.1 Å². The highest BCUT2D eigenvalue weighted by Gasteiger charge is 2.22. The fourth-order valence-electron chi connectivity index (χ4n) is 4.18. The van der Waals surface area contributed by atoms with Crippen molar-refractivity contribution in [3.05, 3.63) is 78.0 Å². The first-order valence-electron chi connectivity index (χ1n) is 11.3. The molecule has 0 fully saturated rings. The molecule has 2 N–H and O–H groups in total. The van der Waals surface area contributed by atoms with Crippen molar-refractivity contribution in [1.29, 1.82) is 0 Å². The first-order chi connectivity index (χ1) is 17.0. The van der Waals surface area contributed by atoms with Crippen molar-refractivity contribution in [3.8, 4) is 16.9 Å². The molecule has 0 saturated heterocycles. The van der Waals surface area contributed by atoms with Crippen LogP contribution in [0.25, 0.3) is 22.3 Å². The third-order valence-corrected chi connectivity index (χ3v) is 6.11. The maximum atomic E-state index is 6.28. The molecule has 0 aliphatic heterocycles. The van der Waals surface area contributed by atoms with Gasteiger partial charge in [0.25, 0.3) is 0 Å². The van der Waals surface area contributed by atoms with E-state index < -0.39 is 0 Å². The largest absolute Gasteiger partial charge is 0.497 e. The van der Waals surface area contributed by atoms with E-state index in [9.17, 15) is 0 Å². The lowest BCUT2D eigenvalue weighted by molar-refractivity contribution is 0.0558. The number of anilines is 1. The zero-order chi connectivity index (χ0) is 24.4. The van der Waals surface area contributed by atoms with Gasteiger partial charge in [-0.2, -0.15) is 5.10 Å². The molecule has 0 spiro atoms. The summed E-state index contributed by atoms with van der Waals surface area (Å²) in [6.45, 7) is 1.03. The Morgan fingerprint density at radius 1 is 1.09 bits per heavy atom. The van der Waals surface area contributed by atoms with Gasteiger partial charge in [0.15, 0.2) is 5.65 Å². The average molecular weight is 473 g/mol. The lowest BCUT2D eigenvalue weighted by atomic mass is 10.0. The van der Waals surface area contributed by atoms with Gasteiger partial charge >= 0.3 is 0 Å². The van der Waals surface area contributed by atoms with Gasteiger partial charge in [-0.15, -0.1) is 0 Å². The molecule has 1 atom stereocenters.